The average Bonchev–Trinajstić information content (AvgIpc) is 3.28. The molecule has 0 saturated carbocycles. The van der Waals surface area contributed by atoms with Gasteiger partial charge in [-0.1, -0.05) is 66.0 Å². The van der Waals surface area contributed by atoms with Gasteiger partial charge in [-0.05, 0) is 0 Å². The minimum atomic E-state index is 0. The van der Waals surface area contributed by atoms with Gasteiger partial charge in [-0.3, -0.25) is 0 Å². The van der Waals surface area contributed by atoms with E-state index >= 15 is 0 Å². The van der Waals surface area contributed by atoms with Crippen LogP contribution in [0.3, 0.4) is 0 Å². The molecule has 0 aromatic heterocycles. The van der Waals surface area contributed by atoms with Gasteiger partial charge in [0, 0.05) is 42.1 Å². The molecule has 50 heavy (non-hydrogen) atoms. The molecule has 4 rings (SSSR count). The zero-order valence-corrected chi connectivity index (χ0v) is 45.0. The van der Waals surface area contributed by atoms with Crippen molar-refractivity contribution in [3.8, 4) is 0 Å². The summed E-state index contributed by atoms with van der Waals surface area (Å²) in [5.74, 6) is 0. The molecule has 1 saturated heterocycles. The molecule has 1 radical (unpaired) electrons. The first-order valence-electron chi connectivity index (χ1n) is 12.8. The van der Waals surface area contributed by atoms with Crippen molar-refractivity contribution < 1.29 is 110 Å². The van der Waals surface area contributed by atoms with Crippen LogP contribution in [0.5, 0.6) is 0 Å². The van der Waals surface area contributed by atoms with Crippen molar-refractivity contribution in [2.24, 2.45) is 0 Å². The minimum Gasteiger partial charge on any atom is -0.813 e. The van der Waals surface area contributed by atoms with E-state index in [1.165, 1.54) is 74.9 Å². The van der Waals surface area contributed by atoms with Gasteiger partial charge in [0.2, 0.25) is 0 Å². The predicted octanol–water partition coefficient (Wildman–Crippen LogP) is 7.54. The van der Waals surface area contributed by atoms with Gasteiger partial charge in [-0.15, -0.1) is 25.7 Å². The zero-order chi connectivity index (χ0) is 30.3. The Morgan fingerprint density at radius 3 is 0.900 bits per heavy atom. The van der Waals surface area contributed by atoms with Crippen LogP contribution in [0.1, 0.15) is 74.9 Å². The summed E-state index contributed by atoms with van der Waals surface area (Å²) in [6, 6.07) is 0. The number of hydrogen-bond donors (Lipinski definition) is 0. The van der Waals surface area contributed by atoms with Gasteiger partial charge in [0.15, 0.2) is 0 Å². The van der Waals surface area contributed by atoms with Crippen molar-refractivity contribution in [3.05, 3.63) is 110 Å². The first-order chi connectivity index (χ1) is 18.1. The molecule has 2 aliphatic rings. The number of piperidine rings is 1. The summed E-state index contributed by atoms with van der Waals surface area (Å²) in [5, 5.41) is 26.8. The second-order valence-electron chi connectivity index (χ2n) is 9.12. The molecule has 17 heteroatoms. The molecule has 313 valence electrons. The molecule has 2 aliphatic heterocycles. The maximum absolute atomic E-state index is 6.25. The standard InChI is InChI=1S/2C10H15.C5H10N.C5H6N.3CN.4Cu.6H2S.2W/c2*1-6-7(2)9(4)10(5)8(6)3;2*1-2-4-6-5-3-1;3*1-2;;;;;;;;;;;;/h2*1-5H3;1-5H2;1-4H,5H2;;;;;;;;6*1H2;;/q-5;6*-1;3*+1;+2;;;;;;;;/p-6. The van der Waals surface area contributed by atoms with Gasteiger partial charge >= 0.3 is 68.3 Å². The van der Waals surface area contributed by atoms with Crippen LogP contribution in [0.4, 0.5) is 0 Å². The van der Waals surface area contributed by atoms with E-state index in [1.54, 1.807) is 6.20 Å². The van der Waals surface area contributed by atoms with Gasteiger partial charge < -0.3 is 155 Å². The Kier molecular flexibility index (Phi) is 130. The third-order valence-corrected chi connectivity index (χ3v) is 7.41. The van der Waals surface area contributed by atoms with E-state index in [4.69, 9.17) is 35.5 Å². The van der Waals surface area contributed by atoms with Crippen LogP contribution in [0, 0.1) is 105 Å². The van der Waals surface area contributed by atoms with Gasteiger partial charge in [0.25, 0.3) is 0 Å². The molecule has 0 N–H and O–H groups in total. The fourth-order valence-electron chi connectivity index (χ4n) is 3.92. The van der Waals surface area contributed by atoms with Crippen molar-refractivity contribution in [1.82, 2.24) is 0 Å². The second kappa shape index (κ2) is 65.8. The molecular formula is C33H52Cu4N5S6W2-12. The first-order valence-corrected chi connectivity index (χ1v) is 12.8. The first kappa shape index (κ1) is 98.8. The summed E-state index contributed by atoms with van der Waals surface area (Å²) in [6.45, 7) is 39.3. The predicted molar refractivity (Wildman–Crippen MR) is 212 cm³/mol. The van der Waals surface area contributed by atoms with Crippen molar-refractivity contribution in [2.75, 3.05) is 19.6 Å². The normalized spacial score (nSPS) is 9.28. The van der Waals surface area contributed by atoms with Gasteiger partial charge in [-0.2, -0.15) is 34.0 Å². The van der Waals surface area contributed by atoms with Crippen LogP contribution in [-0.4, -0.2) is 19.6 Å². The van der Waals surface area contributed by atoms with E-state index in [-0.39, 0.29) is 191 Å². The van der Waals surface area contributed by atoms with E-state index in [1.807, 2.05) is 18.2 Å². The van der Waals surface area contributed by atoms with Crippen molar-refractivity contribution in [3.63, 3.8) is 0 Å². The smallest absolute Gasteiger partial charge is 0.813 e. The summed E-state index contributed by atoms with van der Waals surface area (Å²) < 4.78 is 0. The minimum absolute atomic E-state index is 0. The number of nitrogens with zero attached hydrogens (tertiary/aromatic N) is 5. The molecular weight excluding hydrogens is 1280 g/mol. The topological polar surface area (TPSA) is 99.6 Å². The van der Waals surface area contributed by atoms with Crippen LogP contribution in [-0.2, 0) is 191 Å². The van der Waals surface area contributed by atoms with Gasteiger partial charge in [-0.25, -0.2) is 34.6 Å². The Bertz CT molecular complexity index is 821. The number of rotatable bonds is 0. The monoisotopic (exact) mass is 1330 g/mol. The quantitative estimate of drug-likeness (QED) is 0.115. The molecule has 0 aliphatic carbocycles. The summed E-state index contributed by atoms with van der Waals surface area (Å²) in [6.07, 6.45) is 11.8. The Morgan fingerprint density at radius 1 is 0.540 bits per heavy atom. The molecule has 0 spiro atoms. The Hall–Kier alpha value is 1.96. The third-order valence-electron chi connectivity index (χ3n) is 7.41. The van der Waals surface area contributed by atoms with Crippen LogP contribution < -0.4 is 0 Å². The molecule has 1 fully saturated rings. The SMILES string of the molecule is C1=CC[N-]C=C1.C1CC[N-]CC1.C[c-]1[c-](C)[c-](C)[c-](C)[c-]1C.Cc1c(C)c(C)[c-](C)c1C.[C-]#N.[C-]#N.[C-]#N.[Cu+2].[Cu+].[Cu+].[Cu+].[SH-].[SH-].[SH-].[SH-].[SH-].[SH-].[W].[W]. The Labute approximate surface area is 420 Å². The molecule has 0 amide bonds. The zero-order valence-electron chi connectivity index (χ0n) is 30.0. The van der Waals surface area contributed by atoms with Crippen molar-refractivity contribution in [2.45, 2.75) is 88.5 Å². The molecule has 0 unspecified atom stereocenters. The van der Waals surface area contributed by atoms with E-state index < -0.39 is 0 Å². The largest absolute Gasteiger partial charge is 2.00 e. The molecule has 2 aromatic carbocycles. The maximum atomic E-state index is 6.25. The summed E-state index contributed by atoms with van der Waals surface area (Å²) in [7, 11) is 0. The van der Waals surface area contributed by atoms with Crippen LogP contribution >= 0.6 is 0 Å². The fourth-order valence-corrected chi connectivity index (χ4v) is 3.92. The molecule has 2 heterocycles. The average molecular weight is 1330 g/mol. The van der Waals surface area contributed by atoms with Crippen molar-refractivity contribution in [1.29, 1.82) is 15.8 Å². The van der Waals surface area contributed by atoms with Crippen LogP contribution in [0.25, 0.3) is 10.6 Å². The Balaban J connectivity index is -0.0000000225. The van der Waals surface area contributed by atoms with E-state index in [0.29, 0.717) is 0 Å². The summed E-state index contributed by atoms with van der Waals surface area (Å²) in [4.78, 5) is 0. The molecule has 2 aromatic rings. The van der Waals surface area contributed by atoms with Crippen molar-refractivity contribution >= 4 is 81.0 Å². The number of allylic oxidation sites excluding steroid dienone is 2. The third kappa shape index (κ3) is 41.1. The molecule has 5 nitrogen and oxygen atoms in total. The van der Waals surface area contributed by atoms with Crippen LogP contribution in [0.2, 0.25) is 0 Å². The summed E-state index contributed by atoms with van der Waals surface area (Å²) >= 11 is 0. The second-order valence-corrected chi connectivity index (χ2v) is 9.12. The summed E-state index contributed by atoms with van der Waals surface area (Å²) in [5.41, 5.74) is 14.7. The van der Waals surface area contributed by atoms with E-state index in [2.05, 4.69) is 79.9 Å². The fraction of sp³-hybridized carbons (Fsp3) is 0.485. The van der Waals surface area contributed by atoms with Gasteiger partial charge in [0.05, 0.1) is 0 Å². The molecule has 0 atom stereocenters. The Morgan fingerprint density at radius 2 is 0.820 bits per heavy atom. The van der Waals surface area contributed by atoms with E-state index in [0.717, 1.165) is 19.6 Å². The molecule has 0 bridgehead atoms. The van der Waals surface area contributed by atoms with E-state index in [9.17, 15) is 0 Å². The van der Waals surface area contributed by atoms with Gasteiger partial charge in [0.1, 0.15) is 0 Å². The number of hydrogen-bond acceptors (Lipinski definition) is 9. The number of thiol groups is 6. The van der Waals surface area contributed by atoms with Crippen LogP contribution in [0.15, 0.2) is 24.4 Å². The maximum Gasteiger partial charge on any atom is 2.00 e.